The molecule has 1 aliphatic rings. The van der Waals surface area contributed by atoms with Crippen LogP contribution in [0.5, 0.6) is 0 Å². The Morgan fingerprint density at radius 3 is 2.75 bits per heavy atom. The zero-order valence-electron chi connectivity index (χ0n) is 8.77. The summed E-state index contributed by atoms with van der Waals surface area (Å²) in [6, 6.07) is 7.53. The number of carboxylic acids is 1. The van der Waals surface area contributed by atoms with E-state index in [4.69, 9.17) is 4.42 Å². The van der Waals surface area contributed by atoms with E-state index < -0.39 is 11.4 Å². The first-order valence-electron chi connectivity index (χ1n) is 5.43. The van der Waals surface area contributed by atoms with E-state index in [1.165, 1.54) is 0 Å². The van der Waals surface area contributed by atoms with E-state index in [9.17, 15) is 9.90 Å². The molecule has 0 aliphatic heterocycles. The first kappa shape index (κ1) is 9.46. The summed E-state index contributed by atoms with van der Waals surface area (Å²) in [5.74, 6) is -0.707. The van der Waals surface area contributed by atoms with Gasteiger partial charge in [0.05, 0.1) is 11.7 Å². The van der Waals surface area contributed by atoms with Gasteiger partial charge in [0.25, 0.3) is 0 Å². The third-order valence-corrected chi connectivity index (χ3v) is 3.62. The molecule has 1 N–H and O–H groups in total. The molecule has 3 nitrogen and oxygen atoms in total. The molecule has 1 aromatic carbocycles. The van der Waals surface area contributed by atoms with Crippen LogP contribution in [0.3, 0.4) is 0 Å². The summed E-state index contributed by atoms with van der Waals surface area (Å²) >= 11 is 0. The number of hydrogen-bond acceptors (Lipinski definition) is 2. The minimum absolute atomic E-state index is 0.647. The van der Waals surface area contributed by atoms with Crippen LogP contribution < -0.4 is 0 Å². The Hall–Kier alpha value is -1.77. The van der Waals surface area contributed by atoms with Gasteiger partial charge in [-0.2, -0.15) is 0 Å². The van der Waals surface area contributed by atoms with Crippen LogP contribution >= 0.6 is 0 Å². The molecule has 0 amide bonds. The minimum Gasteiger partial charge on any atom is -0.481 e. The van der Waals surface area contributed by atoms with E-state index in [0.717, 1.165) is 35.8 Å². The Kier molecular flexibility index (Phi) is 1.84. The molecule has 3 rings (SSSR count). The predicted molar refractivity (Wildman–Crippen MR) is 59.4 cm³/mol. The van der Waals surface area contributed by atoms with Crippen LogP contribution in [0.1, 0.15) is 24.8 Å². The molecule has 0 saturated heterocycles. The van der Waals surface area contributed by atoms with Gasteiger partial charge in [-0.3, -0.25) is 4.79 Å². The number of carboxylic acid groups (broad SMARTS) is 1. The normalized spacial score (nSPS) is 18.2. The van der Waals surface area contributed by atoms with Gasteiger partial charge >= 0.3 is 5.97 Å². The van der Waals surface area contributed by atoms with Crippen LogP contribution in [0.2, 0.25) is 0 Å². The molecule has 0 atom stereocenters. The number of benzene rings is 1. The lowest BCUT2D eigenvalue weighted by molar-refractivity contribution is -0.147. The molecule has 2 aromatic rings. The van der Waals surface area contributed by atoms with Crippen LogP contribution in [0.25, 0.3) is 11.0 Å². The van der Waals surface area contributed by atoms with Crippen molar-refractivity contribution in [2.45, 2.75) is 24.7 Å². The Morgan fingerprint density at radius 2 is 2.12 bits per heavy atom. The first-order valence-corrected chi connectivity index (χ1v) is 5.43. The smallest absolute Gasteiger partial charge is 0.314 e. The minimum atomic E-state index is -0.707. The van der Waals surface area contributed by atoms with Crippen molar-refractivity contribution >= 4 is 16.9 Å². The van der Waals surface area contributed by atoms with Crippen LogP contribution in [-0.4, -0.2) is 11.1 Å². The van der Waals surface area contributed by atoms with Gasteiger partial charge in [-0.15, -0.1) is 0 Å². The van der Waals surface area contributed by atoms with Gasteiger partial charge < -0.3 is 9.52 Å². The van der Waals surface area contributed by atoms with Gasteiger partial charge in [0.15, 0.2) is 0 Å². The largest absolute Gasteiger partial charge is 0.481 e. The molecule has 1 heterocycles. The molecule has 16 heavy (non-hydrogen) atoms. The summed E-state index contributed by atoms with van der Waals surface area (Å²) in [7, 11) is 0. The zero-order valence-corrected chi connectivity index (χ0v) is 8.77. The molecule has 0 spiro atoms. The van der Waals surface area contributed by atoms with Crippen LogP contribution in [0.4, 0.5) is 0 Å². The molecule has 1 aliphatic carbocycles. The van der Waals surface area contributed by atoms with Crippen molar-refractivity contribution in [3.05, 3.63) is 36.1 Å². The molecule has 0 bridgehead atoms. The average molecular weight is 216 g/mol. The van der Waals surface area contributed by atoms with Crippen molar-refractivity contribution in [2.24, 2.45) is 0 Å². The maximum absolute atomic E-state index is 11.4. The van der Waals surface area contributed by atoms with Crippen molar-refractivity contribution in [1.82, 2.24) is 0 Å². The van der Waals surface area contributed by atoms with Crippen molar-refractivity contribution in [1.29, 1.82) is 0 Å². The summed E-state index contributed by atoms with van der Waals surface area (Å²) in [5.41, 5.74) is 1.06. The van der Waals surface area contributed by atoms with E-state index in [-0.39, 0.29) is 0 Å². The highest BCUT2D eigenvalue weighted by molar-refractivity contribution is 5.86. The maximum Gasteiger partial charge on any atom is 0.314 e. The van der Waals surface area contributed by atoms with E-state index in [1.807, 2.05) is 24.3 Å². The molecule has 3 heteroatoms. The van der Waals surface area contributed by atoms with Crippen molar-refractivity contribution < 1.29 is 14.3 Å². The van der Waals surface area contributed by atoms with Gasteiger partial charge in [-0.25, -0.2) is 0 Å². The molecule has 1 saturated carbocycles. The summed E-state index contributed by atoms with van der Waals surface area (Å²) < 4.78 is 5.25. The highest BCUT2D eigenvalue weighted by atomic mass is 16.4. The van der Waals surface area contributed by atoms with Gasteiger partial charge in [-0.05, 0) is 36.6 Å². The number of aliphatic carboxylic acids is 1. The third-order valence-electron chi connectivity index (χ3n) is 3.62. The Balaban J connectivity index is 2.14. The fourth-order valence-electron chi connectivity index (χ4n) is 2.42. The quantitative estimate of drug-likeness (QED) is 0.839. The molecule has 1 fully saturated rings. The molecular weight excluding hydrogens is 204 g/mol. The van der Waals surface area contributed by atoms with Crippen LogP contribution in [0.15, 0.2) is 34.9 Å². The fourth-order valence-corrected chi connectivity index (χ4v) is 2.42. The Bertz CT molecular complexity index is 549. The lowest BCUT2D eigenvalue weighted by Gasteiger charge is -2.38. The summed E-state index contributed by atoms with van der Waals surface area (Å²) in [4.78, 5) is 11.4. The van der Waals surface area contributed by atoms with E-state index >= 15 is 0 Å². The third kappa shape index (κ3) is 1.11. The van der Waals surface area contributed by atoms with E-state index in [1.54, 1.807) is 6.26 Å². The first-order chi connectivity index (χ1) is 7.72. The second-order valence-corrected chi connectivity index (χ2v) is 4.41. The van der Waals surface area contributed by atoms with Gasteiger partial charge in [0.2, 0.25) is 0 Å². The van der Waals surface area contributed by atoms with E-state index in [2.05, 4.69) is 0 Å². The second kappa shape index (κ2) is 3.11. The predicted octanol–water partition coefficient (Wildman–Crippen LogP) is 2.94. The molecule has 0 radical (unpaired) electrons. The van der Waals surface area contributed by atoms with Crippen LogP contribution in [-0.2, 0) is 10.2 Å². The molecule has 0 unspecified atom stereocenters. The lowest BCUT2D eigenvalue weighted by Crippen LogP contribution is -2.42. The molecule has 1 aromatic heterocycles. The van der Waals surface area contributed by atoms with Crippen molar-refractivity contribution in [2.75, 3.05) is 0 Å². The highest BCUT2D eigenvalue weighted by Gasteiger charge is 2.45. The number of carbonyl (C=O) groups is 1. The fraction of sp³-hybridized carbons (Fsp3) is 0.308. The highest BCUT2D eigenvalue weighted by Crippen LogP contribution is 2.44. The molecular formula is C13H12O3. The van der Waals surface area contributed by atoms with E-state index in [0.29, 0.717) is 0 Å². The van der Waals surface area contributed by atoms with Crippen LogP contribution in [0, 0.1) is 0 Å². The monoisotopic (exact) mass is 216 g/mol. The van der Waals surface area contributed by atoms with Crippen molar-refractivity contribution in [3.8, 4) is 0 Å². The topological polar surface area (TPSA) is 50.4 Å². The average Bonchev–Trinajstić information content (AvgIpc) is 2.62. The Labute approximate surface area is 92.7 Å². The zero-order chi connectivity index (χ0) is 11.2. The Morgan fingerprint density at radius 1 is 1.31 bits per heavy atom. The molecule has 82 valence electrons. The lowest BCUT2D eigenvalue weighted by atomic mass is 9.64. The SMILES string of the molecule is O=C(O)C1(c2ccc3occc3c2)CCC1. The van der Waals surface area contributed by atoms with Gasteiger partial charge in [0.1, 0.15) is 5.58 Å². The van der Waals surface area contributed by atoms with Gasteiger partial charge in [-0.1, -0.05) is 12.5 Å². The number of furan rings is 1. The summed E-state index contributed by atoms with van der Waals surface area (Å²) in [5, 5.41) is 10.3. The standard InChI is InChI=1S/C13H12O3/c14-12(15)13(5-1-6-13)10-2-3-11-9(8-10)4-7-16-11/h2-4,7-8H,1,5-6H2,(H,14,15). The number of fused-ring (bicyclic) bond motifs is 1. The maximum atomic E-state index is 11.4. The number of rotatable bonds is 2. The summed E-state index contributed by atoms with van der Waals surface area (Å²) in [6.07, 6.45) is 4.11. The summed E-state index contributed by atoms with van der Waals surface area (Å²) in [6.45, 7) is 0. The second-order valence-electron chi connectivity index (χ2n) is 4.41. The van der Waals surface area contributed by atoms with Gasteiger partial charge in [0, 0.05) is 5.39 Å². The van der Waals surface area contributed by atoms with Crippen molar-refractivity contribution in [3.63, 3.8) is 0 Å². The number of hydrogen-bond donors (Lipinski definition) is 1.